The van der Waals surface area contributed by atoms with E-state index in [-0.39, 0.29) is 12.1 Å². The quantitative estimate of drug-likeness (QED) is 0.167. The largest absolute Gasteiger partial charge is 0.462 e. The number of nitrogens with zero attached hydrogens (tertiary/aromatic N) is 1. The molecule has 0 aromatic rings. The molecule has 0 bridgehead atoms. The third-order valence-electron chi connectivity index (χ3n) is 5.65. The van der Waals surface area contributed by atoms with Gasteiger partial charge in [-0.05, 0) is 65.6 Å². The number of aliphatic hydroxyl groups is 2. The number of carbonyl (C=O) groups is 1. The van der Waals surface area contributed by atoms with Crippen LogP contribution in [0.4, 0.5) is 0 Å². The minimum atomic E-state index is -0.0325. The molecule has 0 saturated carbocycles. The molecule has 0 aliphatic carbocycles. The Balaban J connectivity index is 4.01. The molecule has 5 nitrogen and oxygen atoms in total. The Morgan fingerprint density at radius 2 is 1.07 bits per heavy atom. The van der Waals surface area contributed by atoms with Gasteiger partial charge in [-0.25, -0.2) is 0 Å². The predicted octanol–water partition coefficient (Wildman–Crippen LogP) is 5.47. The van der Waals surface area contributed by atoms with Crippen LogP contribution in [0.1, 0.15) is 116 Å². The maximum absolute atomic E-state index is 12.2. The van der Waals surface area contributed by atoms with Gasteiger partial charge in [-0.3, -0.25) is 4.79 Å². The van der Waals surface area contributed by atoms with E-state index in [9.17, 15) is 4.79 Å². The second-order valence-electron chi connectivity index (χ2n) is 8.99. The summed E-state index contributed by atoms with van der Waals surface area (Å²) in [5.74, 6) is -0.0325. The highest BCUT2D eigenvalue weighted by molar-refractivity contribution is 5.69. The molecule has 180 valence electrons. The third kappa shape index (κ3) is 22.0. The Hall–Kier alpha value is -0.650. The van der Waals surface area contributed by atoms with Gasteiger partial charge >= 0.3 is 5.97 Å². The second-order valence-corrected chi connectivity index (χ2v) is 8.99. The molecule has 0 unspecified atom stereocenters. The van der Waals surface area contributed by atoms with Gasteiger partial charge in [0.05, 0.1) is 0 Å². The van der Waals surface area contributed by atoms with Crippen LogP contribution in [0, 0.1) is 0 Å². The number of rotatable bonds is 23. The van der Waals surface area contributed by atoms with Gasteiger partial charge in [0.1, 0.15) is 6.10 Å². The van der Waals surface area contributed by atoms with Crippen LogP contribution in [0.3, 0.4) is 0 Å². The summed E-state index contributed by atoms with van der Waals surface area (Å²) in [6.07, 6.45) is 19.6. The molecule has 0 fully saturated rings. The Bertz CT molecular complexity index is 343. The average molecular weight is 430 g/mol. The maximum Gasteiger partial charge on any atom is 0.306 e. The van der Waals surface area contributed by atoms with E-state index >= 15 is 0 Å². The van der Waals surface area contributed by atoms with E-state index in [1.807, 2.05) is 14.1 Å². The molecule has 0 aromatic heterocycles. The van der Waals surface area contributed by atoms with E-state index < -0.39 is 0 Å². The number of unbranched alkanes of at least 4 members (excludes halogenated alkanes) is 12. The summed E-state index contributed by atoms with van der Waals surface area (Å²) in [5.41, 5.74) is 0. The van der Waals surface area contributed by atoms with Crippen LogP contribution in [-0.4, -0.2) is 61.0 Å². The van der Waals surface area contributed by atoms with Crippen molar-refractivity contribution in [3.63, 3.8) is 0 Å². The molecule has 0 radical (unpaired) electrons. The van der Waals surface area contributed by atoms with Gasteiger partial charge in [-0.1, -0.05) is 64.2 Å². The van der Waals surface area contributed by atoms with Crippen LogP contribution >= 0.6 is 0 Å². The third-order valence-corrected chi connectivity index (χ3v) is 5.65. The van der Waals surface area contributed by atoms with Crippen LogP contribution in [0.25, 0.3) is 0 Å². The molecule has 30 heavy (non-hydrogen) atoms. The first-order valence-corrected chi connectivity index (χ1v) is 12.7. The molecular formula is C25H51NO4. The second kappa shape index (κ2) is 23.0. The van der Waals surface area contributed by atoms with Gasteiger partial charge < -0.3 is 19.8 Å². The van der Waals surface area contributed by atoms with Crippen LogP contribution in [0.2, 0.25) is 0 Å². The predicted molar refractivity (Wildman–Crippen MR) is 126 cm³/mol. The molecular weight excluding hydrogens is 378 g/mol. The van der Waals surface area contributed by atoms with Gasteiger partial charge in [0.25, 0.3) is 0 Å². The number of carbonyl (C=O) groups excluding carboxylic acids is 1. The van der Waals surface area contributed by atoms with Crippen molar-refractivity contribution in [1.82, 2.24) is 4.90 Å². The molecule has 0 aliphatic rings. The molecule has 0 aliphatic heterocycles. The fourth-order valence-electron chi connectivity index (χ4n) is 3.78. The van der Waals surface area contributed by atoms with Gasteiger partial charge in [-0.15, -0.1) is 0 Å². The molecule has 5 heteroatoms. The summed E-state index contributed by atoms with van der Waals surface area (Å²) in [7, 11) is 4.06. The Morgan fingerprint density at radius 1 is 0.667 bits per heavy atom. The van der Waals surface area contributed by atoms with Crippen LogP contribution in [0.15, 0.2) is 0 Å². The van der Waals surface area contributed by atoms with Crippen molar-refractivity contribution in [1.29, 1.82) is 0 Å². The molecule has 2 N–H and O–H groups in total. The number of ether oxygens (including phenoxy) is 1. The van der Waals surface area contributed by atoms with Crippen molar-refractivity contribution in [2.24, 2.45) is 0 Å². The molecule has 0 amide bonds. The zero-order valence-electron chi connectivity index (χ0n) is 20.1. The molecule has 0 rings (SSSR count). The summed E-state index contributed by atoms with van der Waals surface area (Å²) in [5, 5.41) is 17.6. The van der Waals surface area contributed by atoms with Crippen molar-refractivity contribution >= 4 is 5.97 Å². The van der Waals surface area contributed by atoms with Crippen LogP contribution in [-0.2, 0) is 9.53 Å². The van der Waals surface area contributed by atoms with Crippen LogP contribution in [0.5, 0.6) is 0 Å². The van der Waals surface area contributed by atoms with E-state index in [2.05, 4.69) is 4.90 Å². The van der Waals surface area contributed by atoms with E-state index in [1.165, 1.54) is 51.4 Å². The lowest BCUT2D eigenvalue weighted by Gasteiger charge is -2.18. The lowest BCUT2D eigenvalue weighted by atomic mass is 10.0. The van der Waals surface area contributed by atoms with Crippen molar-refractivity contribution in [2.75, 3.05) is 33.9 Å². The monoisotopic (exact) mass is 429 g/mol. The van der Waals surface area contributed by atoms with Crippen molar-refractivity contribution in [3.8, 4) is 0 Å². The zero-order valence-corrected chi connectivity index (χ0v) is 20.1. The van der Waals surface area contributed by atoms with Gasteiger partial charge in [0.15, 0.2) is 0 Å². The molecule has 0 aromatic carbocycles. The number of esters is 1. The number of hydrogen-bond acceptors (Lipinski definition) is 5. The summed E-state index contributed by atoms with van der Waals surface area (Å²) < 4.78 is 5.84. The number of hydrogen-bond donors (Lipinski definition) is 2. The fourth-order valence-corrected chi connectivity index (χ4v) is 3.78. The van der Waals surface area contributed by atoms with E-state index in [0.717, 1.165) is 64.3 Å². The lowest BCUT2D eigenvalue weighted by molar-refractivity contribution is -0.150. The highest BCUT2D eigenvalue weighted by Gasteiger charge is 2.14. The van der Waals surface area contributed by atoms with Gasteiger partial charge in [0, 0.05) is 19.6 Å². The first-order valence-electron chi connectivity index (χ1n) is 12.7. The Kier molecular flexibility index (Phi) is 22.5. The lowest BCUT2D eigenvalue weighted by Crippen LogP contribution is -2.20. The highest BCUT2D eigenvalue weighted by Crippen LogP contribution is 2.18. The van der Waals surface area contributed by atoms with Gasteiger partial charge in [0.2, 0.25) is 0 Å². The normalized spacial score (nSPS) is 11.5. The first kappa shape index (κ1) is 29.4. The minimum Gasteiger partial charge on any atom is -0.462 e. The maximum atomic E-state index is 12.2. The average Bonchev–Trinajstić information content (AvgIpc) is 2.71. The smallest absolute Gasteiger partial charge is 0.306 e. The fraction of sp³-hybridized carbons (Fsp3) is 0.960. The molecule has 0 atom stereocenters. The van der Waals surface area contributed by atoms with Crippen molar-refractivity contribution in [2.45, 2.75) is 122 Å². The van der Waals surface area contributed by atoms with Crippen LogP contribution < -0.4 is 0 Å². The van der Waals surface area contributed by atoms with E-state index in [4.69, 9.17) is 14.9 Å². The minimum absolute atomic E-state index is 0.0325. The SMILES string of the molecule is CN(C)CCCC(=O)OC(CCCCCCCCCO)CCCCCCCCCO. The molecule has 0 saturated heterocycles. The van der Waals surface area contributed by atoms with Crippen molar-refractivity contribution in [3.05, 3.63) is 0 Å². The Morgan fingerprint density at radius 3 is 1.47 bits per heavy atom. The summed E-state index contributed by atoms with van der Waals surface area (Å²) in [6.45, 7) is 1.54. The highest BCUT2D eigenvalue weighted by atomic mass is 16.5. The van der Waals surface area contributed by atoms with E-state index in [1.54, 1.807) is 0 Å². The summed E-state index contributed by atoms with van der Waals surface area (Å²) in [6, 6.07) is 0. The summed E-state index contributed by atoms with van der Waals surface area (Å²) in [4.78, 5) is 14.3. The Labute approximate surface area is 186 Å². The number of aliphatic hydroxyl groups excluding tert-OH is 2. The first-order chi connectivity index (χ1) is 14.6. The zero-order chi connectivity index (χ0) is 22.3. The van der Waals surface area contributed by atoms with E-state index in [0.29, 0.717) is 19.6 Å². The topological polar surface area (TPSA) is 70.0 Å². The summed E-state index contributed by atoms with van der Waals surface area (Å²) >= 11 is 0. The van der Waals surface area contributed by atoms with Crippen molar-refractivity contribution < 1.29 is 19.7 Å². The molecule has 0 spiro atoms. The molecule has 0 heterocycles. The van der Waals surface area contributed by atoms with Gasteiger partial charge in [-0.2, -0.15) is 0 Å². The standard InChI is InChI=1S/C25H51NO4/c1-26(2)21-17-20-25(29)30-24(18-13-9-5-3-7-11-15-22-27)19-14-10-6-4-8-12-16-23-28/h24,27-28H,3-23H2,1-2H3.